The van der Waals surface area contributed by atoms with Crippen molar-refractivity contribution in [3.8, 4) is 0 Å². The highest BCUT2D eigenvalue weighted by molar-refractivity contribution is 5.89. The zero-order valence-electron chi connectivity index (χ0n) is 14.5. The maximum atomic E-state index is 11.3. The number of rotatable bonds is 6. The molecule has 0 aromatic heterocycles. The molecule has 1 unspecified atom stereocenters. The zero-order chi connectivity index (χ0) is 16.8. The predicted molar refractivity (Wildman–Crippen MR) is 93.9 cm³/mol. The molecule has 1 amide bonds. The van der Waals surface area contributed by atoms with Gasteiger partial charge in [0.15, 0.2) is 0 Å². The van der Waals surface area contributed by atoms with E-state index in [-0.39, 0.29) is 5.91 Å². The average Bonchev–Trinajstić information content (AvgIpc) is 3.09. The molecule has 132 valence electrons. The number of ether oxygens (including phenoxy) is 2. The number of likely N-dealkylation sites (tertiary alicyclic amines) is 1. The minimum atomic E-state index is -0.0227. The molecule has 24 heavy (non-hydrogen) atoms. The van der Waals surface area contributed by atoms with Crippen molar-refractivity contribution in [1.29, 1.82) is 0 Å². The lowest BCUT2D eigenvalue weighted by Crippen LogP contribution is -2.37. The van der Waals surface area contributed by atoms with Gasteiger partial charge in [0.25, 0.3) is 0 Å². The van der Waals surface area contributed by atoms with E-state index >= 15 is 0 Å². The van der Waals surface area contributed by atoms with Crippen molar-refractivity contribution >= 4 is 11.6 Å². The average molecular weight is 332 g/mol. The lowest BCUT2D eigenvalue weighted by atomic mass is 10.1. The number of benzene rings is 1. The molecule has 2 fully saturated rings. The molecule has 0 radical (unpaired) electrons. The summed E-state index contributed by atoms with van der Waals surface area (Å²) >= 11 is 0. The SMILES string of the molecule is CC(=O)Nc1ccccc1CN1CCC(OCC2CCOC2)CC1. The largest absolute Gasteiger partial charge is 0.381 e. The Morgan fingerprint density at radius 3 is 2.79 bits per heavy atom. The molecule has 2 saturated heterocycles. The number of amides is 1. The highest BCUT2D eigenvalue weighted by atomic mass is 16.5. The van der Waals surface area contributed by atoms with E-state index < -0.39 is 0 Å². The van der Waals surface area contributed by atoms with Crippen LogP contribution in [0.4, 0.5) is 5.69 Å². The van der Waals surface area contributed by atoms with Crippen LogP contribution in [0.2, 0.25) is 0 Å². The van der Waals surface area contributed by atoms with E-state index in [1.165, 1.54) is 5.56 Å². The van der Waals surface area contributed by atoms with E-state index in [1.54, 1.807) is 6.92 Å². The number of anilines is 1. The molecule has 1 aromatic carbocycles. The van der Waals surface area contributed by atoms with Crippen LogP contribution in [0.3, 0.4) is 0 Å². The third-order valence-electron chi connectivity index (χ3n) is 4.85. The smallest absolute Gasteiger partial charge is 0.221 e. The van der Waals surface area contributed by atoms with Crippen LogP contribution < -0.4 is 5.32 Å². The number of nitrogens with one attached hydrogen (secondary N) is 1. The first-order valence-corrected chi connectivity index (χ1v) is 8.98. The lowest BCUT2D eigenvalue weighted by Gasteiger charge is -2.32. The molecule has 0 spiro atoms. The monoisotopic (exact) mass is 332 g/mol. The van der Waals surface area contributed by atoms with E-state index in [9.17, 15) is 4.79 Å². The molecule has 2 aliphatic rings. The van der Waals surface area contributed by atoms with Crippen molar-refractivity contribution in [1.82, 2.24) is 4.90 Å². The topological polar surface area (TPSA) is 50.8 Å². The Labute approximate surface area is 144 Å². The summed E-state index contributed by atoms with van der Waals surface area (Å²) in [6.45, 7) is 7.10. The quantitative estimate of drug-likeness (QED) is 0.870. The third-order valence-corrected chi connectivity index (χ3v) is 4.85. The minimum Gasteiger partial charge on any atom is -0.381 e. The summed E-state index contributed by atoms with van der Waals surface area (Å²) < 4.78 is 11.5. The summed E-state index contributed by atoms with van der Waals surface area (Å²) in [5, 5.41) is 2.92. The molecule has 1 N–H and O–H groups in total. The number of hydrogen-bond donors (Lipinski definition) is 1. The Kier molecular flexibility index (Phi) is 6.24. The van der Waals surface area contributed by atoms with Crippen LogP contribution in [0.1, 0.15) is 31.7 Å². The zero-order valence-corrected chi connectivity index (χ0v) is 14.5. The van der Waals surface area contributed by atoms with Crippen molar-refractivity contribution in [2.24, 2.45) is 5.92 Å². The number of nitrogens with zero attached hydrogens (tertiary/aromatic N) is 1. The molecule has 0 saturated carbocycles. The normalized spacial score (nSPS) is 22.6. The Balaban J connectivity index is 1.44. The van der Waals surface area contributed by atoms with E-state index in [0.29, 0.717) is 12.0 Å². The second kappa shape index (κ2) is 8.60. The predicted octanol–water partition coefficient (Wildman–Crippen LogP) is 2.66. The maximum absolute atomic E-state index is 11.3. The molecule has 0 bridgehead atoms. The van der Waals surface area contributed by atoms with Gasteiger partial charge in [-0.05, 0) is 30.9 Å². The highest BCUT2D eigenvalue weighted by Gasteiger charge is 2.23. The third kappa shape index (κ3) is 5.03. The van der Waals surface area contributed by atoms with Crippen molar-refractivity contribution in [2.75, 3.05) is 38.2 Å². The molecule has 1 aromatic rings. The van der Waals surface area contributed by atoms with Gasteiger partial charge < -0.3 is 14.8 Å². The van der Waals surface area contributed by atoms with Gasteiger partial charge >= 0.3 is 0 Å². The van der Waals surface area contributed by atoms with Gasteiger partial charge in [0.2, 0.25) is 5.91 Å². The molecular weight excluding hydrogens is 304 g/mol. The Morgan fingerprint density at radius 1 is 1.29 bits per heavy atom. The fraction of sp³-hybridized carbons (Fsp3) is 0.632. The van der Waals surface area contributed by atoms with Gasteiger partial charge in [0.1, 0.15) is 0 Å². The van der Waals surface area contributed by atoms with Gasteiger partial charge in [-0.1, -0.05) is 18.2 Å². The summed E-state index contributed by atoms with van der Waals surface area (Å²) in [7, 11) is 0. The van der Waals surface area contributed by atoms with Crippen LogP contribution in [0.5, 0.6) is 0 Å². The second-order valence-electron chi connectivity index (χ2n) is 6.88. The number of piperidine rings is 1. The molecule has 2 aliphatic heterocycles. The lowest BCUT2D eigenvalue weighted by molar-refractivity contribution is -0.114. The van der Waals surface area contributed by atoms with Crippen molar-refractivity contribution in [2.45, 2.75) is 38.8 Å². The highest BCUT2D eigenvalue weighted by Crippen LogP contribution is 2.22. The maximum Gasteiger partial charge on any atom is 0.221 e. The minimum absolute atomic E-state index is 0.0227. The molecule has 5 nitrogen and oxygen atoms in total. The van der Waals surface area contributed by atoms with Crippen LogP contribution >= 0.6 is 0 Å². The summed E-state index contributed by atoms with van der Waals surface area (Å²) in [5.41, 5.74) is 2.10. The summed E-state index contributed by atoms with van der Waals surface area (Å²) in [6, 6.07) is 8.05. The van der Waals surface area contributed by atoms with Crippen LogP contribution in [0.15, 0.2) is 24.3 Å². The molecule has 3 rings (SSSR count). The number of carbonyl (C=O) groups is 1. The molecule has 0 aliphatic carbocycles. The van der Waals surface area contributed by atoms with Crippen molar-refractivity contribution in [3.05, 3.63) is 29.8 Å². The Bertz CT molecular complexity index is 535. The number of carbonyl (C=O) groups excluding carboxylic acids is 1. The molecule has 2 heterocycles. The molecular formula is C19H28N2O3. The van der Waals surface area contributed by atoms with Crippen molar-refractivity contribution < 1.29 is 14.3 Å². The van der Waals surface area contributed by atoms with Crippen LogP contribution in [0, 0.1) is 5.92 Å². The van der Waals surface area contributed by atoms with Crippen LogP contribution in [-0.2, 0) is 20.8 Å². The molecule has 5 heteroatoms. The fourth-order valence-corrected chi connectivity index (χ4v) is 3.43. The van der Waals surface area contributed by atoms with Crippen LogP contribution in [0.25, 0.3) is 0 Å². The summed E-state index contributed by atoms with van der Waals surface area (Å²) in [4.78, 5) is 13.8. The van der Waals surface area contributed by atoms with Gasteiger partial charge in [-0.3, -0.25) is 9.69 Å². The Morgan fingerprint density at radius 2 is 2.08 bits per heavy atom. The summed E-state index contributed by atoms with van der Waals surface area (Å²) in [6.07, 6.45) is 3.68. The van der Waals surface area contributed by atoms with Crippen molar-refractivity contribution in [3.63, 3.8) is 0 Å². The second-order valence-corrected chi connectivity index (χ2v) is 6.88. The van der Waals surface area contributed by atoms with E-state index in [4.69, 9.17) is 9.47 Å². The van der Waals surface area contributed by atoms with Crippen LogP contribution in [-0.4, -0.2) is 49.8 Å². The Hall–Kier alpha value is -1.43. The molecule has 1 atom stereocenters. The number of para-hydroxylation sites is 1. The fourth-order valence-electron chi connectivity index (χ4n) is 3.43. The summed E-state index contributed by atoms with van der Waals surface area (Å²) in [5.74, 6) is 0.568. The number of hydrogen-bond acceptors (Lipinski definition) is 4. The first-order chi connectivity index (χ1) is 11.7. The van der Waals surface area contributed by atoms with E-state index in [0.717, 1.165) is 64.4 Å². The standard InChI is InChI=1S/C19H28N2O3/c1-15(22)20-19-5-3-2-4-17(19)12-21-9-6-18(7-10-21)24-14-16-8-11-23-13-16/h2-5,16,18H,6-14H2,1H3,(H,20,22). The van der Waals surface area contributed by atoms with E-state index in [1.807, 2.05) is 18.2 Å². The van der Waals surface area contributed by atoms with Gasteiger partial charge in [-0.15, -0.1) is 0 Å². The van der Waals surface area contributed by atoms with Gasteiger partial charge in [0, 0.05) is 44.8 Å². The van der Waals surface area contributed by atoms with Gasteiger partial charge in [0.05, 0.1) is 19.3 Å². The van der Waals surface area contributed by atoms with E-state index in [2.05, 4.69) is 16.3 Å². The first-order valence-electron chi connectivity index (χ1n) is 8.98. The first kappa shape index (κ1) is 17.4. The van der Waals surface area contributed by atoms with Gasteiger partial charge in [-0.25, -0.2) is 0 Å². The van der Waals surface area contributed by atoms with Gasteiger partial charge in [-0.2, -0.15) is 0 Å².